The Balaban J connectivity index is 1.77. The zero-order chi connectivity index (χ0) is 21.7. The number of ether oxygens (including phenoxy) is 2. The van der Waals surface area contributed by atoms with Gasteiger partial charge in [0.15, 0.2) is 5.11 Å². The van der Waals surface area contributed by atoms with Crippen molar-refractivity contribution in [2.24, 2.45) is 0 Å². The smallest absolute Gasteiger partial charge is 0.411 e. The number of thiocarbonyl (C=S) groups is 1. The molecule has 1 amide bonds. The predicted octanol–water partition coefficient (Wildman–Crippen LogP) is 4.72. The topological polar surface area (TPSA) is 95.4 Å². The van der Waals surface area contributed by atoms with E-state index in [1.54, 1.807) is 37.3 Å². The Morgan fingerprint density at radius 2 is 1.93 bits per heavy atom. The third-order valence-corrected chi connectivity index (χ3v) is 4.79. The highest BCUT2D eigenvalue weighted by Crippen LogP contribution is 2.40. The molecular weight excluding hydrogens is 400 g/mol. The third kappa shape index (κ3) is 5.39. The molecule has 1 unspecified atom stereocenters. The molecule has 0 aromatic heterocycles. The maximum absolute atomic E-state index is 11.8. The standard InChI is InChI=1S/C22H24N4O3S/c1-4-28-21(27)25-16-9-10-19-17(11-16)18(12-22(2,3)29-19)26-20(30)24-15-7-5-14(13-23)6-8-15/h5-11,18H,4,12H2,1-3H3,(H,25,27)(H2,24,26,30). The molecule has 30 heavy (non-hydrogen) atoms. The summed E-state index contributed by atoms with van der Waals surface area (Å²) >= 11 is 5.50. The summed E-state index contributed by atoms with van der Waals surface area (Å²) in [5.74, 6) is 0.735. The van der Waals surface area contributed by atoms with E-state index in [0.29, 0.717) is 29.4 Å². The van der Waals surface area contributed by atoms with Crippen LogP contribution in [-0.4, -0.2) is 23.4 Å². The molecule has 156 valence electrons. The van der Waals surface area contributed by atoms with Crippen LogP contribution in [0, 0.1) is 11.3 Å². The van der Waals surface area contributed by atoms with Crippen molar-refractivity contribution in [3.63, 3.8) is 0 Å². The summed E-state index contributed by atoms with van der Waals surface area (Å²) in [6.45, 7) is 6.09. The lowest BCUT2D eigenvalue weighted by molar-refractivity contribution is 0.0697. The Labute approximate surface area is 181 Å². The molecule has 3 N–H and O–H groups in total. The van der Waals surface area contributed by atoms with Gasteiger partial charge in [0.2, 0.25) is 0 Å². The van der Waals surface area contributed by atoms with Gasteiger partial charge in [0, 0.05) is 23.4 Å². The summed E-state index contributed by atoms with van der Waals surface area (Å²) in [5, 5.41) is 18.6. The quantitative estimate of drug-likeness (QED) is 0.612. The van der Waals surface area contributed by atoms with E-state index in [9.17, 15) is 4.79 Å². The van der Waals surface area contributed by atoms with E-state index in [1.807, 2.05) is 26.0 Å². The number of nitrogens with one attached hydrogen (secondary N) is 3. The predicted molar refractivity (Wildman–Crippen MR) is 120 cm³/mol. The summed E-state index contributed by atoms with van der Waals surface area (Å²) in [6.07, 6.45) is 0.176. The Hall–Kier alpha value is -3.31. The van der Waals surface area contributed by atoms with Gasteiger partial charge in [0.05, 0.1) is 24.3 Å². The van der Waals surface area contributed by atoms with E-state index in [-0.39, 0.29) is 11.6 Å². The van der Waals surface area contributed by atoms with Crippen molar-refractivity contribution in [1.82, 2.24) is 5.32 Å². The number of benzene rings is 2. The van der Waals surface area contributed by atoms with Crippen LogP contribution >= 0.6 is 12.2 Å². The molecule has 3 rings (SSSR count). The van der Waals surface area contributed by atoms with Crippen LogP contribution in [-0.2, 0) is 4.74 Å². The highest BCUT2D eigenvalue weighted by atomic mass is 32.1. The Morgan fingerprint density at radius 1 is 1.23 bits per heavy atom. The molecule has 0 saturated heterocycles. The van der Waals surface area contributed by atoms with E-state index in [4.69, 9.17) is 27.0 Å². The minimum atomic E-state index is -0.503. The van der Waals surface area contributed by atoms with Crippen LogP contribution in [0.4, 0.5) is 16.2 Å². The van der Waals surface area contributed by atoms with Crippen LogP contribution in [0.3, 0.4) is 0 Å². The minimum Gasteiger partial charge on any atom is -0.487 e. The first-order valence-electron chi connectivity index (χ1n) is 9.64. The van der Waals surface area contributed by atoms with Gasteiger partial charge in [-0.3, -0.25) is 5.32 Å². The number of hydrogen-bond donors (Lipinski definition) is 3. The van der Waals surface area contributed by atoms with Crippen molar-refractivity contribution >= 4 is 34.8 Å². The zero-order valence-electron chi connectivity index (χ0n) is 17.1. The second-order valence-electron chi connectivity index (χ2n) is 7.50. The van der Waals surface area contributed by atoms with Crippen LogP contribution in [0.2, 0.25) is 0 Å². The van der Waals surface area contributed by atoms with Gasteiger partial charge in [-0.05, 0) is 75.5 Å². The van der Waals surface area contributed by atoms with Gasteiger partial charge in [-0.25, -0.2) is 4.79 Å². The summed E-state index contributed by atoms with van der Waals surface area (Å²) in [7, 11) is 0. The van der Waals surface area contributed by atoms with Gasteiger partial charge in [-0.2, -0.15) is 5.26 Å². The van der Waals surface area contributed by atoms with Crippen molar-refractivity contribution < 1.29 is 14.3 Å². The van der Waals surface area contributed by atoms with Crippen LogP contribution in [0.15, 0.2) is 42.5 Å². The number of carbonyl (C=O) groups is 1. The average molecular weight is 425 g/mol. The Kier molecular flexibility index (Phi) is 6.43. The van der Waals surface area contributed by atoms with Crippen molar-refractivity contribution in [3.8, 4) is 11.8 Å². The van der Waals surface area contributed by atoms with E-state index in [0.717, 1.165) is 17.0 Å². The first-order chi connectivity index (χ1) is 14.3. The Bertz CT molecular complexity index is 983. The fourth-order valence-electron chi connectivity index (χ4n) is 3.30. The molecule has 2 aromatic carbocycles. The number of amides is 1. The summed E-state index contributed by atoms with van der Waals surface area (Å²) in [6, 6.07) is 14.5. The molecule has 1 aliphatic rings. The maximum atomic E-state index is 11.8. The van der Waals surface area contributed by atoms with Crippen LogP contribution in [0.1, 0.15) is 44.4 Å². The monoisotopic (exact) mass is 424 g/mol. The number of fused-ring (bicyclic) bond motifs is 1. The van der Waals surface area contributed by atoms with Crippen LogP contribution < -0.4 is 20.7 Å². The molecule has 2 aromatic rings. The van der Waals surface area contributed by atoms with Gasteiger partial charge in [0.25, 0.3) is 0 Å². The maximum Gasteiger partial charge on any atom is 0.411 e. The highest BCUT2D eigenvalue weighted by Gasteiger charge is 2.34. The van der Waals surface area contributed by atoms with Gasteiger partial charge in [-0.15, -0.1) is 0 Å². The lowest BCUT2D eigenvalue weighted by Gasteiger charge is -2.38. The first kappa shape index (κ1) is 21.4. The van der Waals surface area contributed by atoms with Crippen LogP contribution in [0.25, 0.3) is 0 Å². The molecule has 7 nitrogen and oxygen atoms in total. The van der Waals surface area contributed by atoms with Gasteiger partial charge in [-0.1, -0.05) is 0 Å². The molecule has 0 radical (unpaired) electrons. The molecule has 0 spiro atoms. The highest BCUT2D eigenvalue weighted by molar-refractivity contribution is 7.80. The van der Waals surface area contributed by atoms with Gasteiger partial charge >= 0.3 is 6.09 Å². The van der Waals surface area contributed by atoms with E-state index >= 15 is 0 Å². The number of carbonyl (C=O) groups excluding carboxylic acids is 1. The zero-order valence-corrected chi connectivity index (χ0v) is 17.9. The molecule has 0 saturated carbocycles. The summed E-state index contributed by atoms with van der Waals surface area (Å²) < 4.78 is 11.1. The second-order valence-corrected chi connectivity index (χ2v) is 7.91. The third-order valence-electron chi connectivity index (χ3n) is 4.57. The van der Waals surface area contributed by atoms with E-state index in [2.05, 4.69) is 22.0 Å². The van der Waals surface area contributed by atoms with E-state index in [1.165, 1.54) is 0 Å². The molecule has 1 aliphatic heterocycles. The van der Waals surface area contributed by atoms with Gasteiger partial charge < -0.3 is 20.1 Å². The average Bonchev–Trinajstić information content (AvgIpc) is 2.68. The summed E-state index contributed by atoms with van der Waals surface area (Å²) in [5.41, 5.74) is 2.50. The molecular formula is C22H24N4O3S. The largest absolute Gasteiger partial charge is 0.487 e. The van der Waals surface area contributed by atoms with Crippen molar-refractivity contribution in [2.45, 2.75) is 38.8 Å². The summed E-state index contributed by atoms with van der Waals surface area (Å²) in [4.78, 5) is 11.8. The molecule has 8 heteroatoms. The number of hydrogen-bond acceptors (Lipinski definition) is 5. The lowest BCUT2D eigenvalue weighted by Crippen LogP contribution is -2.42. The molecule has 1 atom stereocenters. The first-order valence-corrected chi connectivity index (χ1v) is 10.0. The second kappa shape index (κ2) is 9.01. The molecule has 0 fully saturated rings. The lowest BCUT2D eigenvalue weighted by atomic mass is 9.89. The number of rotatable bonds is 4. The van der Waals surface area contributed by atoms with Crippen LogP contribution in [0.5, 0.6) is 5.75 Å². The van der Waals surface area contributed by atoms with Gasteiger partial charge in [0.1, 0.15) is 11.4 Å². The van der Waals surface area contributed by atoms with Crippen molar-refractivity contribution in [3.05, 3.63) is 53.6 Å². The fourth-order valence-corrected chi connectivity index (χ4v) is 3.56. The van der Waals surface area contributed by atoms with Crippen molar-refractivity contribution in [2.75, 3.05) is 17.2 Å². The number of nitriles is 1. The number of nitrogens with zero attached hydrogens (tertiary/aromatic N) is 1. The van der Waals surface area contributed by atoms with E-state index < -0.39 is 6.09 Å². The fraction of sp³-hybridized carbons (Fsp3) is 0.318. The number of anilines is 2. The molecule has 0 aliphatic carbocycles. The molecule has 0 bridgehead atoms. The minimum absolute atomic E-state index is 0.119. The van der Waals surface area contributed by atoms with Crippen molar-refractivity contribution in [1.29, 1.82) is 5.26 Å². The SMILES string of the molecule is CCOC(=O)Nc1ccc2c(c1)C(NC(=S)Nc1ccc(C#N)cc1)CC(C)(C)O2. The molecule has 1 heterocycles. The normalized spacial score (nSPS) is 16.3. The Morgan fingerprint density at radius 3 is 2.60 bits per heavy atom.